The molecule has 0 aromatic carbocycles. The van der Waals surface area contributed by atoms with E-state index in [9.17, 15) is 0 Å². The Labute approximate surface area is 110 Å². The van der Waals surface area contributed by atoms with E-state index in [0.717, 1.165) is 0 Å². The first-order valence-corrected chi connectivity index (χ1v) is 4.78. The second-order valence-electron chi connectivity index (χ2n) is 2.89. The number of nitriles is 5. The highest BCUT2D eigenvalue weighted by Gasteiger charge is 2.29. The van der Waals surface area contributed by atoms with Crippen molar-refractivity contribution in [1.29, 1.82) is 26.3 Å². The Morgan fingerprint density at radius 1 is 0.895 bits per heavy atom. The second kappa shape index (κ2) is 8.49. The van der Waals surface area contributed by atoms with E-state index < -0.39 is 11.0 Å². The Bertz CT molecular complexity index is 577. The summed E-state index contributed by atoms with van der Waals surface area (Å²) in [7, 11) is 0. The van der Waals surface area contributed by atoms with Crippen LogP contribution in [0.15, 0.2) is 36.2 Å². The van der Waals surface area contributed by atoms with Gasteiger partial charge < -0.3 is 5.26 Å². The van der Waals surface area contributed by atoms with E-state index >= 15 is 0 Å². The third kappa shape index (κ3) is 4.38. The molecule has 1 heterocycles. The maximum atomic E-state index is 8.49. The summed E-state index contributed by atoms with van der Waals surface area (Å²) >= 11 is 0. The smallest absolute Gasteiger partial charge is 0.229 e. The Kier molecular flexibility index (Phi) is 6.85. The molecule has 1 rings (SSSR count). The average molecular weight is 246 g/mol. The van der Waals surface area contributed by atoms with Crippen LogP contribution in [0.2, 0.25) is 0 Å². The van der Waals surface area contributed by atoms with E-state index in [1.807, 2.05) is 36.7 Å². The molecule has 88 valence electrons. The summed E-state index contributed by atoms with van der Waals surface area (Å²) in [5.41, 5.74) is -2.80. The molecule has 1 N–H and O–H groups in total. The molecule has 6 heteroatoms. The SMILES string of the molecule is N#C[C-]=C(C#N)C(C#N)(C#N)C#N.c1cc[nH+]cc1. The highest BCUT2D eigenvalue weighted by molar-refractivity contribution is 5.48. The molecule has 0 spiro atoms. The molecule has 0 aliphatic rings. The van der Waals surface area contributed by atoms with E-state index in [4.69, 9.17) is 26.3 Å². The Hall–Kier alpha value is -3.66. The van der Waals surface area contributed by atoms with Gasteiger partial charge in [0.25, 0.3) is 0 Å². The third-order valence-electron chi connectivity index (χ3n) is 1.78. The van der Waals surface area contributed by atoms with Crippen LogP contribution in [0.1, 0.15) is 0 Å². The molecule has 1 aromatic heterocycles. The molecule has 0 saturated heterocycles. The van der Waals surface area contributed by atoms with E-state index in [0.29, 0.717) is 0 Å². The Morgan fingerprint density at radius 2 is 1.42 bits per heavy atom. The number of allylic oxidation sites excluding steroid dienone is 2. The molecule has 0 aliphatic carbocycles. The van der Waals surface area contributed by atoms with Gasteiger partial charge in [0, 0.05) is 12.1 Å². The molecule has 0 aliphatic heterocycles. The molecule has 0 unspecified atom stereocenters. The molecular weight excluding hydrogens is 240 g/mol. The van der Waals surface area contributed by atoms with Crippen LogP contribution in [0.3, 0.4) is 0 Å². The van der Waals surface area contributed by atoms with Gasteiger partial charge in [-0.3, -0.25) is 0 Å². The lowest BCUT2D eigenvalue weighted by molar-refractivity contribution is -0.377. The highest BCUT2D eigenvalue weighted by Crippen LogP contribution is 2.23. The Morgan fingerprint density at radius 3 is 1.63 bits per heavy atom. The largest absolute Gasteiger partial charge is 0.329 e. The first kappa shape index (κ1) is 15.3. The van der Waals surface area contributed by atoms with Gasteiger partial charge in [-0.2, -0.15) is 15.8 Å². The van der Waals surface area contributed by atoms with Crippen LogP contribution in [0, 0.1) is 68.1 Å². The standard InChI is InChI=1S/C8N5.C5H5N/c9-2-1-7(3-10)8(4-11,5-12)6-13;1-2-4-6-5-3-1/h;1-5H/q-1;/p+1. The van der Waals surface area contributed by atoms with Gasteiger partial charge in [-0.1, -0.05) is 6.07 Å². The lowest BCUT2D eigenvalue weighted by Crippen LogP contribution is -2.15. The van der Waals surface area contributed by atoms with Gasteiger partial charge in [-0.25, -0.2) is 10.2 Å². The van der Waals surface area contributed by atoms with Crippen molar-refractivity contribution < 1.29 is 4.98 Å². The van der Waals surface area contributed by atoms with E-state index in [1.165, 1.54) is 30.3 Å². The van der Waals surface area contributed by atoms with Crippen LogP contribution >= 0.6 is 0 Å². The Balaban J connectivity index is 0.000000443. The summed E-state index contributed by atoms with van der Waals surface area (Å²) in [5.74, 6) is 0. The minimum Gasteiger partial charge on any atom is -0.329 e. The molecule has 0 fully saturated rings. The summed E-state index contributed by atoms with van der Waals surface area (Å²) in [4.78, 5) is 2.89. The van der Waals surface area contributed by atoms with Crippen molar-refractivity contribution in [2.24, 2.45) is 5.41 Å². The number of nitrogens with zero attached hydrogens (tertiary/aromatic N) is 5. The van der Waals surface area contributed by atoms with Crippen molar-refractivity contribution in [1.82, 2.24) is 0 Å². The number of aromatic nitrogens is 1. The maximum absolute atomic E-state index is 8.49. The quantitative estimate of drug-likeness (QED) is 0.534. The summed E-state index contributed by atoms with van der Waals surface area (Å²) < 4.78 is 0. The molecule has 0 saturated carbocycles. The number of H-pyrrole nitrogens is 1. The van der Waals surface area contributed by atoms with Crippen molar-refractivity contribution in [3.63, 3.8) is 0 Å². The van der Waals surface area contributed by atoms with Crippen molar-refractivity contribution >= 4 is 0 Å². The van der Waals surface area contributed by atoms with Crippen LogP contribution < -0.4 is 4.98 Å². The number of rotatable bonds is 1. The minimum atomic E-state index is -2.22. The monoisotopic (exact) mass is 246 g/mol. The van der Waals surface area contributed by atoms with Crippen LogP contribution in [0.5, 0.6) is 0 Å². The zero-order valence-electron chi connectivity index (χ0n) is 9.62. The molecule has 1 aromatic rings. The predicted octanol–water partition coefficient (Wildman–Crippen LogP) is 0.821. The summed E-state index contributed by atoms with van der Waals surface area (Å²) in [6.45, 7) is 0. The van der Waals surface area contributed by atoms with E-state index in [2.05, 4.69) is 4.98 Å². The number of nitrogens with one attached hydrogen (secondary N) is 1. The zero-order valence-corrected chi connectivity index (χ0v) is 9.62. The number of aromatic amines is 1. The number of hydrogen-bond acceptors (Lipinski definition) is 5. The summed E-state index contributed by atoms with van der Waals surface area (Å²) in [6.07, 6.45) is 5.57. The topological polar surface area (TPSA) is 133 Å². The van der Waals surface area contributed by atoms with Gasteiger partial charge in [-0.05, 0) is 6.07 Å². The lowest BCUT2D eigenvalue weighted by Gasteiger charge is -2.12. The van der Waals surface area contributed by atoms with Crippen LogP contribution in [0.4, 0.5) is 0 Å². The van der Waals surface area contributed by atoms with E-state index in [-0.39, 0.29) is 0 Å². The predicted molar refractivity (Wildman–Crippen MR) is 60.3 cm³/mol. The summed E-state index contributed by atoms with van der Waals surface area (Å²) in [6, 6.07) is 12.7. The summed E-state index contributed by atoms with van der Waals surface area (Å²) in [5, 5.41) is 42.1. The van der Waals surface area contributed by atoms with Gasteiger partial charge in [0.2, 0.25) is 5.41 Å². The normalized spacial score (nSPS) is 9.11. The fourth-order valence-corrected chi connectivity index (χ4v) is 0.846. The number of hydrogen-bond donors (Lipinski definition) is 0. The second-order valence-corrected chi connectivity index (χ2v) is 2.89. The van der Waals surface area contributed by atoms with Crippen molar-refractivity contribution in [2.45, 2.75) is 0 Å². The molecule has 19 heavy (non-hydrogen) atoms. The molecular formula is C13H6N6. The van der Waals surface area contributed by atoms with Crippen molar-refractivity contribution in [3.8, 4) is 30.3 Å². The molecule has 0 atom stereocenters. The van der Waals surface area contributed by atoms with Crippen LogP contribution in [-0.4, -0.2) is 0 Å². The zero-order chi connectivity index (χ0) is 14.6. The first-order chi connectivity index (χ1) is 9.20. The average Bonchev–Trinajstić information content (AvgIpc) is 2.50. The van der Waals surface area contributed by atoms with Gasteiger partial charge >= 0.3 is 0 Å². The van der Waals surface area contributed by atoms with Gasteiger partial charge in [0.15, 0.2) is 12.4 Å². The van der Waals surface area contributed by atoms with Crippen LogP contribution in [0.25, 0.3) is 0 Å². The molecule has 0 bridgehead atoms. The van der Waals surface area contributed by atoms with Gasteiger partial charge in [0.05, 0.1) is 0 Å². The number of pyridine rings is 1. The van der Waals surface area contributed by atoms with Crippen molar-refractivity contribution in [3.05, 3.63) is 42.2 Å². The molecule has 0 radical (unpaired) electrons. The third-order valence-corrected chi connectivity index (χ3v) is 1.78. The maximum Gasteiger partial charge on any atom is 0.229 e. The van der Waals surface area contributed by atoms with Gasteiger partial charge in [0.1, 0.15) is 18.2 Å². The van der Waals surface area contributed by atoms with Crippen molar-refractivity contribution in [2.75, 3.05) is 0 Å². The van der Waals surface area contributed by atoms with Gasteiger partial charge in [-0.15, -0.1) is 17.7 Å². The fraction of sp³-hybridized carbons (Fsp3) is 0.0769. The highest BCUT2D eigenvalue weighted by atomic mass is 14.6. The molecule has 6 nitrogen and oxygen atoms in total. The van der Waals surface area contributed by atoms with E-state index in [1.54, 1.807) is 0 Å². The lowest BCUT2D eigenvalue weighted by atomic mass is 9.85. The fourth-order valence-electron chi connectivity index (χ4n) is 0.846. The minimum absolute atomic E-state index is 0.581. The first-order valence-electron chi connectivity index (χ1n) is 4.78. The molecule has 0 amide bonds. The van der Waals surface area contributed by atoms with Crippen LogP contribution in [-0.2, 0) is 0 Å².